The van der Waals surface area contributed by atoms with Gasteiger partial charge < -0.3 is 15.4 Å². The van der Waals surface area contributed by atoms with Gasteiger partial charge in [0.1, 0.15) is 23.1 Å². The zero-order valence-electron chi connectivity index (χ0n) is 21.1. The number of rotatable bonds is 6. The summed E-state index contributed by atoms with van der Waals surface area (Å²) >= 11 is 12.5. The van der Waals surface area contributed by atoms with Crippen molar-refractivity contribution in [1.82, 2.24) is 20.2 Å². The van der Waals surface area contributed by atoms with E-state index in [0.717, 1.165) is 5.52 Å². The molecule has 10 nitrogen and oxygen atoms in total. The molecule has 204 valence electrons. The Morgan fingerprint density at radius 1 is 1.23 bits per heavy atom. The first kappa shape index (κ1) is 27.3. The summed E-state index contributed by atoms with van der Waals surface area (Å²) in [6, 6.07) is 6.68. The highest BCUT2D eigenvalue weighted by molar-refractivity contribution is 7.92. The minimum absolute atomic E-state index is 0.00382. The summed E-state index contributed by atoms with van der Waals surface area (Å²) in [5, 5.41) is 8.76. The smallest absolute Gasteiger partial charge is 0.277 e. The van der Waals surface area contributed by atoms with Crippen LogP contribution in [0.3, 0.4) is 0 Å². The van der Waals surface area contributed by atoms with Crippen molar-refractivity contribution in [2.45, 2.75) is 18.6 Å². The Balaban J connectivity index is 1.37. The predicted octanol–water partition coefficient (Wildman–Crippen LogP) is 4.38. The van der Waals surface area contributed by atoms with Gasteiger partial charge in [-0.2, -0.15) is 9.46 Å². The second-order valence-electron chi connectivity index (χ2n) is 9.68. The molecule has 0 bridgehead atoms. The van der Waals surface area contributed by atoms with Gasteiger partial charge in [-0.25, -0.2) is 13.6 Å². The number of ether oxygens (including phenoxy) is 1. The van der Waals surface area contributed by atoms with Gasteiger partial charge in [0.05, 0.1) is 15.6 Å². The van der Waals surface area contributed by atoms with E-state index in [1.807, 2.05) is 6.92 Å². The van der Waals surface area contributed by atoms with Gasteiger partial charge in [0.15, 0.2) is 11.6 Å². The minimum Gasteiger partial charge on any atom is -0.486 e. The van der Waals surface area contributed by atoms with Crippen molar-refractivity contribution < 1.29 is 18.1 Å². The average molecular weight is 592 g/mol. The summed E-state index contributed by atoms with van der Waals surface area (Å²) in [6.45, 7) is 1.83. The summed E-state index contributed by atoms with van der Waals surface area (Å²) in [7, 11) is -2.65. The van der Waals surface area contributed by atoms with Gasteiger partial charge in [0.2, 0.25) is 0 Å². The fraction of sp³-hybridized carbons (Fsp3) is 0.280. The molecular formula is C25H24Cl2FN7O3S. The molecule has 1 aromatic carbocycles. The van der Waals surface area contributed by atoms with Crippen LogP contribution < -0.4 is 15.4 Å². The number of aromatic amines is 1. The third kappa shape index (κ3) is 5.42. The molecule has 0 spiro atoms. The summed E-state index contributed by atoms with van der Waals surface area (Å²) in [5.74, 6) is -0.697. The van der Waals surface area contributed by atoms with Gasteiger partial charge in [-0.05, 0) is 31.2 Å². The number of anilines is 1. The van der Waals surface area contributed by atoms with Crippen molar-refractivity contribution in [1.29, 1.82) is 0 Å². The normalized spacial score (nSPS) is 15.6. The Morgan fingerprint density at radius 2 is 1.92 bits per heavy atom. The van der Waals surface area contributed by atoms with Crippen molar-refractivity contribution >= 4 is 55.6 Å². The van der Waals surface area contributed by atoms with E-state index in [1.54, 1.807) is 18.2 Å². The van der Waals surface area contributed by atoms with Crippen LogP contribution in [-0.2, 0) is 14.5 Å². The number of fused-ring (bicyclic) bond motifs is 1. The Kier molecular flexibility index (Phi) is 7.00. The molecule has 3 N–H and O–H groups in total. The molecule has 39 heavy (non-hydrogen) atoms. The number of halogens is 3. The molecule has 0 saturated carbocycles. The number of pyridine rings is 2. The number of nitrogens with two attached hydrogens (primary N) is 1. The van der Waals surface area contributed by atoms with Crippen molar-refractivity contribution in [2.24, 2.45) is 10.1 Å². The first-order valence-corrected chi connectivity index (χ1v) is 14.8. The molecule has 14 heteroatoms. The highest BCUT2D eigenvalue weighted by atomic mass is 35.5. The van der Waals surface area contributed by atoms with Crippen LogP contribution in [0.4, 0.5) is 10.2 Å². The molecule has 1 fully saturated rings. The molecule has 5 rings (SSSR count). The molecule has 0 radical (unpaired) electrons. The van der Waals surface area contributed by atoms with Crippen LogP contribution in [-0.4, -0.2) is 61.4 Å². The number of nitrogens with zero attached hydrogens (tertiary/aromatic N) is 5. The third-order valence-corrected chi connectivity index (χ3v) is 7.42. The lowest BCUT2D eigenvalue weighted by atomic mass is 9.90. The molecule has 3 aromatic heterocycles. The molecule has 0 unspecified atom stereocenters. The molecule has 1 aliphatic heterocycles. The Morgan fingerprint density at radius 3 is 2.56 bits per heavy atom. The second-order valence-corrected chi connectivity index (χ2v) is 13.0. The fourth-order valence-corrected chi connectivity index (χ4v) is 5.62. The zero-order valence-corrected chi connectivity index (χ0v) is 23.4. The number of carbonyl (C=O) groups excluding carboxylic acids is 1. The molecule has 1 atom stereocenters. The van der Waals surface area contributed by atoms with Gasteiger partial charge in [-0.1, -0.05) is 23.2 Å². The molecule has 1 aliphatic rings. The van der Waals surface area contributed by atoms with Crippen LogP contribution in [0, 0.1) is 5.82 Å². The first-order chi connectivity index (χ1) is 18.3. The van der Waals surface area contributed by atoms with E-state index in [0.29, 0.717) is 38.0 Å². The van der Waals surface area contributed by atoms with Crippen LogP contribution >= 0.6 is 23.2 Å². The van der Waals surface area contributed by atoms with Crippen LogP contribution in [0.5, 0.6) is 5.75 Å². The molecular weight excluding hydrogens is 568 g/mol. The Hall–Kier alpha value is -3.32. The molecule has 4 heterocycles. The lowest BCUT2D eigenvalue weighted by Crippen LogP contribution is -2.71. The predicted molar refractivity (Wildman–Crippen MR) is 149 cm³/mol. The number of nitrogens with one attached hydrogen (secondary N) is 1. The van der Waals surface area contributed by atoms with E-state index in [1.165, 1.54) is 42.1 Å². The fourth-order valence-electron chi connectivity index (χ4n) is 4.36. The van der Waals surface area contributed by atoms with Crippen molar-refractivity contribution in [2.75, 3.05) is 30.5 Å². The Bertz CT molecular complexity index is 1700. The van der Waals surface area contributed by atoms with Crippen molar-refractivity contribution in [3.05, 3.63) is 64.3 Å². The Labute approximate surface area is 233 Å². The average Bonchev–Trinajstić information content (AvgIpc) is 3.24. The second kappa shape index (κ2) is 10.0. The highest BCUT2D eigenvalue weighted by Crippen LogP contribution is 2.36. The van der Waals surface area contributed by atoms with Crippen molar-refractivity contribution in [3.8, 4) is 17.0 Å². The summed E-state index contributed by atoms with van der Waals surface area (Å²) in [4.78, 5) is 22.1. The summed E-state index contributed by atoms with van der Waals surface area (Å²) in [6.07, 6.45) is 6.73. The van der Waals surface area contributed by atoms with Gasteiger partial charge in [0.25, 0.3) is 5.91 Å². The number of aromatic nitrogens is 4. The molecule has 1 amide bonds. The SMILES string of the molecule is C[C@@H](Oc1ccc2[nH]nc(-c3cnc(N4CC(N)(C(=O)N=S(C)(C)=O)C4)c(F)c3)c2c1)c1c(Cl)cncc1Cl. The maximum atomic E-state index is 15.2. The van der Waals surface area contributed by atoms with Crippen LogP contribution in [0.2, 0.25) is 10.0 Å². The van der Waals surface area contributed by atoms with E-state index in [9.17, 15) is 9.00 Å². The number of hydrogen-bond acceptors (Lipinski definition) is 8. The van der Waals surface area contributed by atoms with E-state index >= 15 is 4.39 Å². The van der Waals surface area contributed by atoms with E-state index in [-0.39, 0.29) is 18.9 Å². The van der Waals surface area contributed by atoms with Gasteiger partial charge >= 0.3 is 0 Å². The van der Waals surface area contributed by atoms with Gasteiger partial charge in [-0.15, -0.1) is 0 Å². The van der Waals surface area contributed by atoms with Crippen LogP contribution in [0.15, 0.2) is 47.2 Å². The topological polar surface area (TPSA) is 139 Å². The third-order valence-electron chi connectivity index (χ3n) is 6.21. The number of benzene rings is 1. The van der Waals surface area contributed by atoms with Crippen LogP contribution in [0.1, 0.15) is 18.6 Å². The van der Waals surface area contributed by atoms with Crippen LogP contribution in [0.25, 0.3) is 22.2 Å². The highest BCUT2D eigenvalue weighted by Gasteiger charge is 2.47. The maximum Gasteiger partial charge on any atom is 0.277 e. The largest absolute Gasteiger partial charge is 0.486 e. The molecule has 1 saturated heterocycles. The molecule has 0 aliphatic carbocycles. The molecule has 4 aromatic rings. The maximum absolute atomic E-state index is 15.2. The first-order valence-electron chi connectivity index (χ1n) is 11.7. The van der Waals surface area contributed by atoms with Gasteiger partial charge in [-0.3, -0.25) is 14.9 Å². The van der Waals surface area contributed by atoms with E-state index in [4.69, 9.17) is 33.7 Å². The zero-order chi connectivity index (χ0) is 28.1. The summed E-state index contributed by atoms with van der Waals surface area (Å²) in [5.41, 5.74) is 7.01. The number of amides is 1. The monoisotopic (exact) mass is 591 g/mol. The van der Waals surface area contributed by atoms with Gasteiger partial charge in [0, 0.05) is 70.4 Å². The standard InChI is InChI=1S/C25H24Cl2FN7O3S/c1-13(21-17(26)9-30-10-18(21)27)38-15-4-5-20-16(7-15)22(33-32-20)14-6-19(28)23(31-8-14)35-11-25(29,12-35)24(36)34-39(2,3)37/h4-10,13H,11-12,29H2,1-3H3,(H,32,33)/t13-/m1/s1. The lowest BCUT2D eigenvalue weighted by molar-refractivity contribution is -0.123. The summed E-state index contributed by atoms with van der Waals surface area (Å²) < 4.78 is 36.8. The number of hydrogen-bond donors (Lipinski definition) is 2. The lowest BCUT2D eigenvalue weighted by Gasteiger charge is -2.45. The minimum atomic E-state index is -2.65. The van der Waals surface area contributed by atoms with Crippen molar-refractivity contribution in [3.63, 3.8) is 0 Å². The number of H-pyrrole nitrogens is 1. The number of carbonyl (C=O) groups is 1. The van der Waals surface area contributed by atoms with E-state index < -0.39 is 33.1 Å². The van der Waals surface area contributed by atoms with E-state index in [2.05, 4.69) is 24.5 Å². The quantitative estimate of drug-likeness (QED) is 0.337.